The van der Waals surface area contributed by atoms with E-state index in [0.29, 0.717) is 6.61 Å². The fourth-order valence-electron chi connectivity index (χ4n) is 4.29. The van der Waals surface area contributed by atoms with Gasteiger partial charge in [0.2, 0.25) is 0 Å². The predicted molar refractivity (Wildman–Crippen MR) is 118 cm³/mol. The van der Waals surface area contributed by atoms with E-state index in [9.17, 15) is 4.39 Å². The summed E-state index contributed by atoms with van der Waals surface area (Å²) in [5.41, 5.74) is 7.82. The van der Waals surface area contributed by atoms with E-state index in [1.165, 1.54) is 23.3 Å². The molecule has 3 aliphatic rings. The number of nitrogens with zero attached hydrogens (tertiary/aromatic N) is 2. The Labute approximate surface area is 180 Å². The number of hydrogen-bond donors (Lipinski definition) is 1. The first-order valence-corrected chi connectivity index (χ1v) is 11.3. The van der Waals surface area contributed by atoms with E-state index >= 15 is 0 Å². The average molecular weight is 428 g/mol. The lowest BCUT2D eigenvalue weighted by atomic mass is 10.1. The highest BCUT2D eigenvalue weighted by Crippen LogP contribution is 2.39. The van der Waals surface area contributed by atoms with Crippen LogP contribution in [0.25, 0.3) is 11.8 Å². The van der Waals surface area contributed by atoms with Gasteiger partial charge in [-0.05, 0) is 36.1 Å². The van der Waals surface area contributed by atoms with Crippen molar-refractivity contribution in [2.24, 2.45) is 0 Å². The Morgan fingerprint density at radius 3 is 2.73 bits per heavy atom. The van der Waals surface area contributed by atoms with Crippen LogP contribution in [0.3, 0.4) is 0 Å². The van der Waals surface area contributed by atoms with Gasteiger partial charge in [-0.1, -0.05) is 23.8 Å². The second-order valence-corrected chi connectivity index (χ2v) is 9.05. The van der Waals surface area contributed by atoms with Crippen molar-refractivity contribution in [2.75, 3.05) is 45.9 Å². The second kappa shape index (κ2) is 8.51. The van der Waals surface area contributed by atoms with Crippen LogP contribution < -0.4 is 10.2 Å². The maximum Gasteiger partial charge on any atom is 0.139 e. The van der Waals surface area contributed by atoms with E-state index in [1.807, 2.05) is 18.2 Å². The van der Waals surface area contributed by atoms with Crippen LogP contribution in [-0.4, -0.2) is 61.8 Å². The van der Waals surface area contributed by atoms with Crippen LogP contribution in [0.1, 0.15) is 17.4 Å². The molecule has 158 valence electrons. The Hall–Kier alpha value is -2.19. The molecular weight excluding hydrogens is 401 g/mol. The van der Waals surface area contributed by atoms with Crippen molar-refractivity contribution in [3.63, 3.8) is 0 Å². The number of halogens is 1. The van der Waals surface area contributed by atoms with Crippen LogP contribution in [0.2, 0.25) is 0 Å². The summed E-state index contributed by atoms with van der Waals surface area (Å²) >= 11 is 1.69. The highest BCUT2D eigenvalue weighted by Gasteiger charge is 2.35. The molecule has 1 aromatic carbocycles. The third kappa shape index (κ3) is 4.16. The summed E-state index contributed by atoms with van der Waals surface area (Å²) in [6.45, 7) is 8.69. The molecule has 0 spiro atoms. The Bertz CT molecular complexity index is 961. The summed E-state index contributed by atoms with van der Waals surface area (Å²) < 4.78 is 19.0. The predicted octanol–water partition coefficient (Wildman–Crippen LogP) is 3.62. The van der Waals surface area contributed by atoms with Crippen molar-refractivity contribution in [2.45, 2.75) is 13.0 Å². The Balaban J connectivity index is 1.13. The third-order valence-corrected chi connectivity index (χ3v) is 6.81. The zero-order chi connectivity index (χ0) is 20.5. The number of ether oxygens (including phenoxy) is 1. The Morgan fingerprint density at radius 2 is 1.93 bits per heavy atom. The van der Waals surface area contributed by atoms with Gasteiger partial charge in [0, 0.05) is 44.8 Å². The van der Waals surface area contributed by atoms with Gasteiger partial charge < -0.3 is 4.74 Å². The maximum atomic E-state index is 13.1. The number of hydroxylamine groups is 1. The van der Waals surface area contributed by atoms with E-state index in [1.54, 1.807) is 11.3 Å². The van der Waals surface area contributed by atoms with Gasteiger partial charge in [-0.15, -0.1) is 11.3 Å². The van der Waals surface area contributed by atoms with Crippen molar-refractivity contribution in [1.82, 2.24) is 15.3 Å². The monoisotopic (exact) mass is 427 g/mol. The van der Waals surface area contributed by atoms with Gasteiger partial charge in [-0.2, -0.15) is 0 Å². The molecule has 30 heavy (non-hydrogen) atoms. The molecule has 0 bridgehead atoms. The highest BCUT2D eigenvalue weighted by molar-refractivity contribution is 7.11. The first-order chi connectivity index (χ1) is 14.7. The SMILES string of the molecule is CC(=Cc1ccc(F)cc1)CN1CCN(CC2ONC3=C2COc2ccsc23)CC1. The summed E-state index contributed by atoms with van der Waals surface area (Å²) in [6.07, 6.45) is 2.18. The normalized spacial score (nSPS) is 22.5. The van der Waals surface area contributed by atoms with Gasteiger partial charge in [-0.3, -0.25) is 20.1 Å². The first-order valence-electron chi connectivity index (χ1n) is 10.4. The van der Waals surface area contributed by atoms with Crippen LogP contribution in [0, 0.1) is 5.82 Å². The summed E-state index contributed by atoms with van der Waals surface area (Å²) in [6, 6.07) is 8.68. The summed E-state index contributed by atoms with van der Waals surface area (Å²) in [5, 5.41) is 2.06. The molecule has 0 amide bonds. The largest absolute Gasteiger partial charge is 0.487 e. The summed E-state index contributed by atoms with van der Waals surface area (Å²) in [7, 11) is 0. The highest BCUT2D eigenvalue weighted by atomic mass is 32.1. The number of benzene rings is 1. The molecule has 0 saturated carbocycles. The first kappa shape index (κ1) is 19.8. The molecule has 1 aromatic heterocycles. The molecule has 1 saturated heterocycles. The molecule has 4 heterocycles. The van der Waals surface area contributed by atoms with Crippen LogP contribution in [-0.2, 0) is 4.84 Å². The minimum absolute atomic E-state index is 0.0434. The van der Waals surface area contributed by atoms with Crippen LogP contribution in [0.15, 0.2) is 46.9 Å². The van der Waals surface area contributed by atoms with E-state index in [2.05, 4.69) is 33.7 Å². The van der Waals surface area contributed by atoms with E-state index in [-0.39, 0.29) is 11.9 Å². The zero-order valence-corrected chi connectivity index (χ0v) is 17.9. The van der Waals surface area contributed by atoms with Crippen molar-refractivity contribution in [3.05, 3.63) is 63.1 Å². The Kier molecular flexibility index (Phi) is 5.60. The number of rotatable bonds is 5. The standard InChI is InChI=1S/C23H26FN3O2S/c1-16(12-17-2-4-18(24)5-3-17)13-26-7-9-27(10-8-26)14-21-19-15-28-20-6-11-30-23(20)22(19)25-29-21/h2-6,11-12,21,25H,7-10,13-15H2,1H3. The molecule has 2 aromatic rings. The van der Waals surface area contributed by atoms with Crippen molar-refractivity contribution >= 4 is 23.1 Å². The zero-order valence-electron chi connectivity index (χ0n) is 17.1. The topological polar surface area (TPSA) is 37.0 Å². The molecule has 5 nitrogen and oxygen atoms in total. The molecule has 5 rings (SSSR count). The third-order valence-electron chi connectivity index (χ3n) is 5.90. The average Bonchev–Trinajstić information content (AvgIpc) is 3.38. The van der Waals surface area contributed by atoms with Gasteiger partial charge >= 0.3 is 0 Å². The lowest BCUT2D eigenvalue weighted by Gasteiger charge is -2.36. The van der Waals surface area contributed by atoms with Gasteiger partial charge in [0.1, 0.15) is 24.3 Å². The molecule has 3 aliphatic heterocycles. The molecule has 1 unspecified atom stereocenters. The van der Waals surface area contributed by atoms with Crippen LogP contribution in [0.5, 0.6) is 5.75 Å². The molecule has 0 radical (unpaired) electrons. The Morgan fingerprint density at radius 1 is 1.17 bits per heavy atom. The number of fused-ring (bicyclic) bond motifs is 2. The molecule has 1 atom stereocenters. The number of hydrogen-bond acceptors (Lipinski definition) is 6. The molecular formula is C23H26FN3O2S. The van der Waals surface area contributed by atoms with Crippen LogP contribution >= 0.6 is 11.3 Å². The minimum atomic E-state index is -0.194. The molecule has 7 heteroatoms. The quantitative estimate of drug-likeness (QED) is 0.789. The van der Waals surface area contributed by atoms with Crippen molar-refractivity contribution in [3.8, 4) is 5.75 Å². The summed E-state index contributed by atoms with van der Waals surface area (Å²) in [4.78, 5) is 12.0. The lowest BCUT2D eigenvalue weighted by Crippen LogP contribution is -2.49. The fraction of sp³-hybridized carbons (Fsp3) is 0.391. The minimum Gasteiger partial charge on any atom is -0.487 e. The molecule has 0 aliphatic carbocycles. The lowest BCUT2D eigenvalue weighted by molar-refractivity contribution is 0.0118. The van der Waals surface area contributed by atoms with E-state index in [0.717, 1.165) is 61.2 Å². The molecule has 1 N–H and O–H groups in total. The van der Waals surface area contributed by atoms with E-state index < -0.39 is 0 Å². The van der Waals surface area contributed by atoms with Crippen molar-refractivity contribution < 1.29 is 14.0 Å². The number of nitrogens with one attached hydrogen (secondary N) is 1. The van der Waals surface area contributed by atoms with Gasteiger partial charge in [0.05, 0.1) is 10.6 Å². The van der Waals surface area contributed by atoms with Gasteiger partial charge in [0.15, 0.2) is 0 Å². The maximum absolute atomic E-state index is 13.1. The number of thiophene rings is 1. The van der Waals surface area contributed by atoms with Gasteiger partial charge in [0.25, 0.3) is 0 Å². The van der Waals surface area contributed by atoms with Gasteiger partial charge in [-0.25, -0.2) is 4.39 Å². The second-order valence-electron chi connectivity index (χ2n) is 8.13. The van der Waals surface area contributed by atoms with E-state index in [4.69, 9.17) is 9.57 Å². The molecule has 1 fully saturated rings. The van der Waals surface area contributed by atoms with Crippen molar-refractivity contribution in [1.29, 1.82) is 0 Å². The smallest absolute Gasteiger partial charge is 0.139 e. The number of piperazine rings is 1. The summed E-state index contributed by atoms with van der Waals surface area (Å²) in [5.74, 6) is 0.758. The fourth-order valence-corrected chi connectivity index (χ4v) is 5.15. The van der Waals surface area contributed by atoms with Crippen LogP contribution in [0.4, 0.5) is 4.39 Å².